The molecule has 0 atom stereocenters. The van der Waals surface area contributed by atoms with E-state index in [0.717, 1.165) is 54.5 Å². The van der Waals surface area contributed by atoms with Gasteiger partial charge in [-0.25, -0.2) is 0 Å². The molecule has 1 aliphatic rings. The van der Waals surface area contributed by atoms with E-state index in [4.69, 9.17) is 4.74 Å². The van der Waals surface area contributed by atoms with Crippen LogP contribution in [0.1, 0.15) is 48.2 Å². The van der Waals surface area contributed by atoms with Gasteiger partial charge < -0.3 is 19.5 Å². The van der Waals surface area contributed by atoms with Gasteiger partial charge in [0.2, 0.25) is 5.91 Å². The maximum atomic E-state index is 13.1. The van der Waals surface area contributed by atoms with Crippen molar-refractivity contribution in [2.45, 2.75) is 45.1 Å². The molecule has 1 saturated carbocycles. The molecule has 0 aliphatic heterocycles. The largest absolute Gasteiger partial charge is 0.385 e. The Labute approximate surface area is 193 Å². The average Bonchev–Trinajstić information content (AvgIpc) is 3.47. The van der Waals surface area contributed by atoms with Crippen LogP contribution in [0.5, 0.6) is 0 Å². The summed E-state index contributed by atoms with van der Waals surface area (Å²) in [6, 6.07) is 11.8. The first-order valence-electron chi connectivity index (χ1n) is 11.3. The van der Waals surface area contributed by atoms with Crippen LogP contribution >= 0.6 is 11.3 Å². The summed E-state index contributed by atoms with van der Waals surface area (Å²) in [5.74, 6) is 0.972. The molecule has 2 amide bonds. The zero-order valence-corrected chi connectivity index (χ0v) is 19.6. The molecule has 0 unspecified atom stereocenters. The van der Waals surface area contributed by atoms with E-state index in [0.29, 0.717) is 18.0 Å². The van der Waals surface area contributed by atoms with Crippen LogP contribution in [0.2, 0.25) is 0 Å². The molecule has 32 heavy (non-hydrogen) atoms. The van der Waals surface area contributed by atoms with Gasteiger partial charge in [0.15, 0.2) is 0 Å². The molecule has 1 aliphatic carbocycles. The fourth-order valence-corrected chi connectivity index (χ4v) is 5.12. The van der Waals surface area contributed by atoms with Gasteiger partial charge in [-0.15, -0.1) is 11.3 Å². The molecule has 170 valence electrons. The maximum absolute atomic E-state index is 13.1. The molecular weight excluding hydrogens is 422 g/mol. The number of anilines is 2. The summed E-state index contributed by atoms with van der Waals surface area (Å²) in [6.45, 7) is 1.35. The Hall–Kier alpha value is -2.64. The molecule has 6 nitrogen and oxygen atoms in total. The molecular formula is C25H31N3O3S. The smallest absolute Gasteiger partial charge is 0.266 e. The van der Waals surface area contributed by atoms with Crippen LogP contribution < -0.4 is 10.2 Å². The number of hydrogen-bond acceptors (Lipinski definition) is 4. The Morgan fingerprint density at radius 3 is 2.72 bits per heavy atom. The molecule has 2 aromatic heterocycles. The average molecular weight is 454 g/mol. The van der Waals surface area contributed by atoms with E-state index in [-0.39, 0.29) is 17.7 Å². The Kier molecular flexibility index (Phi) is 7.27. The van der Waals surface area contributed by atoms with E-state index in [1.807, 2.05) is 42.8 Å². The number of carbonyl (C=O) groups excluding carboxylic acids is 2. The normalized spacial score (nSPS) is 14.6. The van der Waals surface area contributed by atoms with Gasteiger partial charge in [-0.3, -0.25) is 9.59 Å². The summed E-state index contributed by atoms with van der Waals surface area (Å²) in [5, 5.41) is 6.00. The SMILES string of the molecule is COCCCn1c(NC(=O)c2cccs2)cc2ccc(N(C)C(=O)C3CCCCC3)cc21. The standard InChI is InChI=1S/C25H31N3O3S/c1-27(25(30)18-8-4-3-5-9-18)20-12-11-19-16-23(26-24(29)22-10-6-15-32-22)28(21(19)17-20)13-7-14-31-2/h6,10-12,15-18H,3-5,7-9,13-14H2,1-2H3,(H,26,29). The van der Waals surface area contributed by atoms with E-state index in [1.54, 1.807) is 12.0 Å². The second-order valence-corrected chi connectivity index (χ2v) is 9.38. The van der Waals surface area contributed by atoms with Crippen LogP contribution in [0, 0.1) is 5.92 Å². The minimum atomic E-state index is -0.111. The first kappa shape index (κ1) is 22.6. The Morgan fingerprint density at radius 1 is 1.19 bits per heavy atom. The van der Waals surface area contributed by atoms with Crippen LogP contribution in [0.4, 0.5) is 11.5 Å². The number of hydrogen-bond donors (Lipinski definition) is 1. The number of aromatic nitrogens is 1. The fraction of sp³-hybridized carbons (Fsp3) is 0.440. The van der Waals surface area contributed by atoms with Gasteiger partial charge >= 0.3 is 0 Å². The quantitative estimate of drug-likeness (QED) is 0.456. The lowest BCUT2D eigenvalue weighted by Crippen LogP contribution is -2.33. The summed E-state index contributed by atoms with van der Waals surface area (Å²) in [6.07, 6.45) is 6.30. The fourth-order valence-electron chi connectivity index (χ4n) is 4.50. The first-order valence-corrected chi connectivity index (χ1v) is 12.2. The number of fused-ring (bicyclic) bond motifs is 1. The van der Waals surface area contributed by atoms with Gasteiger partial charge in [0.05, 0.1) is 10.4 Å². The van der Waals surface area contributed by atoms with Crippen molar-refractivity contribution >= 4 is 45.6 Å². The highest BCUT2D eigenvalue weighted by Crippen LogP contribution is 2.31. The lowest BCUT2D eigenvalue weighted by Gasteiger charge is -2.26. The highest BCUT2D eigenvalue weighted by Gasteiger charge is 2.25. The Morgan fingerprint density at radius 2 is 2.00 bits per heavy atom. The van der Waals surface area contributed by atoms with Gasteiger partial charge in [0.1, 0.15) is 5.82 Å². The number of amides is 2. The van der Waals surface area contributed by atoms with Crippen molar-refractivity contribution in [1.82, 2.24) is 4.57 Å². The molecule has 4 rings (SSSR count). The number of rotatable bonds is 8. The number of aryl methyl sites for hydroxylation is 1. The third-order valence-electron chi connectivity index (χ3n) is 6.28. The minimum absolute atomic E-state index is 0.111. The predicted molar refractivity (Wildman–Crippen MR) is 131 cm³/mol. The third kappa shape index (κ3) is 4.89. The number of methoxy groups -OCH3 is 1. The number of carbonyl (C=O) groups is 2. The van der Waals surface area contributed by atoms with E-state index >= 15 is 0 Å². The molecule has 2 heterocycles. The molecule has 1 N–H and O–H groups in total. The molecule has 0 bridgehead atoms. The summed E-state index contributed by atoms with van der Waals surface area (Å²) in [4.78, 5) is 28.2. The second-order valence-electron chi connectivity index (χ2n) is 8.43. The van der Waals surface area contributed by atoms with Crippen molar-refractivity contribution in [2.24, 2.45) is 5.92 Å². The molecule has 1 aromatic carbocycles. The van der Waals surface area contributed by atoms with Crippen molar-refractivity contribution in [1.29, 1.82) is 0 Å². The summed E-state index contributed by atoms with van der Waals surface area (Å²) in [7, 11) is 3.56. The van der Waals surface area contributed by atoms with Crippen molar-refractivity contribution in [2.75, 3.05) is 31.0 Å². The van der Waals surface area contributed by atoms with Crippen molar-refractivity contribution < 1.29 is 14.3 Å². The third-order valence-corrected chi connectivity index (χ3v) is 7.15. The number of thiophene rings is 1. The first-order chi connectivity index (χ1) is 15.6. The number of nitrogens with one attached hydrogen (secondary N) is 1. The van der Waals surface area contributed by atoms with Crippen molar-refractivity contribution in [3.8, 4) is 0 Å². The van der Waals surface area contributed by atoms with E-state index in [2.05, 4.69) is 16.0 Å². The lowest BCUT2D eigenvalue weighted by molar-refractivity contribution is -0.123. The van der Waals surface area contributed by atoms with Gasteiger partial charge in [0, 0.05) is 44.3 Å². The number of ether oxygens (including phenoxy) is 1. The second kappa shape index (κ2) is 10.3. The zero-order valence-electron chi connectivity index (χ0n) is 18.8. The number of benzene rings is 1. The summed E-state index contributed by atoms with van der Waals surface area (Å²) >= 11 is 1.42. The van der Waals surface area contributed by atoms with Crippen LogP contribution in [0.15, 0.2) is 41.8 Å². The molecule has 3 aromatic rings. The molecule has 0 spiro atoms. The van der Waals surface area contributed by atoms with E-state index in [1.165, 1.54) is 17.8 Å². The van der Waals surface area contributed by atoms with Gasteiger partial charge in [-0.1, -0.05) is 31.4 Å². The minimum Gasteiger partial charge on any atom is -0.385 e. The Bertz CT molecular complexity index is 1070. The topological polar surface area (TPSA) is 63.6 Å². The molecule has 0 saturated heterocycles. The molecule has 7 heteroatoms. The van der Waals surface area contributed by atoms with Crippen LogP contribution in [0.3, 0.4) is 0 Å². The summed E-state index contributed by atoms with van der Waals surface area (Å²) < 4.78 is 7.35. The Balaban J connectivity index is 1.63. The summed E-state index contributed by atoms with van der Waals surface area (Å²) in [5.41, 5.74) is 1.89. The predicted octanol–water partition coefficient (Wildman–Crippen LogP) is 5.53. The zero-order chi connectivity index (χ0) is 22.5. The van der Waals surface area contributed by atoms with E-state index < -0.39 is 0 Å². The van der Waals surface area contributed by atoms with Crippen molar-refractivity contribution in [3.63, 3.8) is 0 Å². The highest BCUT2D eigenvalue weighted by atomic mass is 32.1. The molecule has 1 fully saturated rings. The lowest BCUT2D eigenvalue weighted by atomic mass is 9.88. The van der Waals surface area contributed by atoms with Gasteiger partial charge in [-0.2, -0.15) is 0 Å². The van der Waals surface area contributed by atoms with Gasteiger partial charge in [-0.05, 0) is 48.9 Å². The van der Waals surface area contributed by atoms with Crippen LogP contribution in [-0.2, 0) is 16.1 Å². The monoisotopic (exact) mass is 453 g/mol. The van der Waals surface area contributed by atoms with Crippen molar-refractivity contribution in [3.05, 3.63) is 46.7 Å². The maximum Gasteiger partial charge on any atom is 0.266 e. The van der Waals surface area contributed by atoms with Crippen LogP contribution in [-0.4, -0.2) is 37.1 Å². The highest BCUT2D eigenvalue weighted by molar-refractivity contribution is 7.12. The molecule has 0 radical (unpaired) electrons. The van der Waals surface area contributed by atoms with Gasteiger partial charge in [0.25, 0.3) is 5.91 Å². The number of nitrogens with zero attached hydrogens (tertiary/aromatic N) is 2. The van der Waals surface area contributed by atoms with Crippen LogP contribution in [0.25, 0.3) is 10.9 Å². The van der Waals surface area contributed by atoms with E-state index in [9.17, 15) is 9.59 Å².